The number of ketones is 1. The topological polar surface area (TPSA) is 83.9 Å². The highest BCUT2D eigenvalue weighted by Crippen LogP contribution is 2.40. The summed E-state index contributed by atoms with van der Waals surface area (Å²) in [4.78, 5) is 28.0. The van der Waals surface area contributed by atoms with Crippen LogP contribution in [0.5, 0.6) is 0 Å². The Balaban J connectivity index is 1.61. The number of halogens is 1. The maximum atomic E-state index is 13.5. The van der Waals surface area contributed by atoms with Crippen molar-refractivity contribution < 1.29 is 23.5 Å². The number of carbonyl (C=O) groups excluding carboxylic acids is 2. The van der Waals surface area contributed by atoms with Gasteiger partial charge in [-0.05, 0) is 48.9 Å². The SMILES string of the molecule is Cc1cccc(C2C(C(=O)c3cc4cc(Br)ccc4o3)=C(O)C(=O)N2Cc2ccco2)c1. The Bertz CT molecular complexity index is 1380. The molecule has 1 amide bonds. The zero-order chi connectivity index (χ0) is 22.4. The maximum Gasteiger partial charge on any atom is 0.290 e. The fourth-order valence-corrected chi connectivity index (χ4v) is 4.44. The quantitative estimate of drug-likeness (QED) is 0.352. The Morgan fingerprint density at radius 3 is 2.72 bits per heavy atom. The van der Waals surface area contributed by atoms with E-state index in [0.717, 1.165) is 21.0 Å². The van der Waals surface area contributed by atoms with E-state index in [1.165, 1.54) is 11.2 Å². The van der Waals surface area contributed by atoms with Crippen molar-refractivity contribution >= 4 is 38.6 Å². The summed E-state index contributed by atoms with van der Waals surface area (Å²) in [5, 5.41) is 11.5. The van der Waals surface area contributed by atoms with E-state index in [1.54, 1.807) is 24.3 Å². The van der Waals surface area contributed by atoms with Crippen LogP contribution < -0.4 is 0 Å². The van der Waals surface area contributed by atoms with Crippen LogP contribution >= 0.6 is 15.9 Å². The molecule has 0 fully saturated rings. The van der Waals surface area contributed by atoms with E-state index >= 15 is 0 Å². The molecule has 7 heteroatoms. The van der Waals surface area contributed by atoms with E-state index < -0.39 is 23.5 Å². The van der Waals surface area contributed by atoms with Gasteiger partial charge in [-0.25, -0.2) is 0 Å². The minimum atomic E-state index is -0.778. The number of carbonyl (C=O) groups is 2. The molecule has 2 aromatic carbocycles. The van der Waals surface area contributed by atoms with Gasteiger partial charge in [0.25, 0.3) is 5.91 Å². The van der Waals surface area contributed by atoms with Crippen LogP contribution in [0.4, 0.5) is 0 Å². The van der Waals surface area contributed by atoms with Crippen molar-refractivity contribution in [2.45, 2.75) is 19.5 Å². The number of aliphatic hydroxyl groups excluding tert-OH is 1. The molecule has 32 heavy (non-hydrogen) atoms. The second kappa shape index (κ2) is 7.84. The van der Waals surface area contributed by atoms with Gasteiger partial charge in [-0.1, -0.05) is 45.8 Å². The smallest absolute Gasteiger partial charge is 0.290 e. The van der Waals surface area contributed by atoms with Crippen LogP contribution in [0.25, 0.3) is 11.0 Å². The van der Waals surface area contributed by atoms with Crippen LogP contribution in [0.2, 0.25) is 0 Å². The van der Waals surface area contributed by atoms with E-state index in [-0.39, 0.29) is 17.9 Å². The van der Waals surface area contributed by atoms with E-state index in [0.29, 0.717) is 11.3 Å². The Morgan fingerprint density at radius 1 is 1.12 bits per heavy atom. The van der Waals surface area contributed by atoms with Gasteiger partial charge >= 0.3 is 0 Å². The van der Waals surface area contributed by atoms with Crippen molar-refractivity contribution in [1.29, 1.82) is 0 Å². The summed E-state index contributed by atoms with van der Waals surface area (Å²) < 4.78 is 12.0. The second-order valence-corrected chi connectivity index (χ2v) is 8.63. The minimum Gasteiger partial charge on any atom is -0.503 e. The van der Waals surface area contributed by atoms with Gasteiger partial charge in [0.05, 0.1) is 24.4 Å². The maximum absolute atomic E-state index is 13.5. The number of hydrogen-bond acceptors (Lipinski definition) is 5. The predicted molar refractivity (Wildman–Crippen MR) is 121 cm³/mol. The van der Waals surface area contributed by atoms with Gasteiger partial charge in [0.1, 0.15) is 11.3 Å². The summed E-state index contributed by atoms with van der Waals surface area (Å²) in [5.74, 6) is -1.13. The lowest BCUT2D eigenvalue weighted by atomic mass is 9.94. The molecule has 5 rings (SSSR count). The molecule has 1 atom stereocenters. The Labute approximate surface area is 191 Å². The molecule has 6 nitrogen and oxygen atoms in total. The van der Waals surface area contributed by atoms with Crippen molar-refractivity contribution in [3.05, 3.63) is 105 Å². The Kier molecular flexibility index (Phi) is 4.98. The first-order valence-electron chi connectivity index (χ1n) is 9.99. The summed E-state index contributed by atoms with van der Waals surface area (Å²) in [6, 6.07) is 17.2. The van der Waals surface area contributed by atoms with Crippen molar-refractivity contribution in [2.75, 3.05) is 0 Å². The second-order valence-electron chi connectivity index (χ2n) is 7.71. The molecule has 0 aliphatic carbocycles. The van der Waals surface area contributed by atoms with Crippen LogP contribution in [0.1, 0.15) is 33.5 Å². The van der Waals surface area contributed by atoms with Gasteiger partial charge < -0.3 is 18.8 Å². The Hall–Kier alpha value is -3.58. The number of benzene rings is 2. The molecule has 0 bridgehead atoms. The molecule has 0 radical (unpaired) electrons. The number of amides is 1. The average Bonchev–Trinajstić information content (AvgIpc) is 3.48. The molecular weight excluding hydrogens is 474 g/mol. The van der Waals surface area contributed by atoms with Crippen LogP contribution in [-0.4, -0.2) is 21.7 Å². The summed E-state index contributed by atoms with van der Waals surface area (Å²) in [6.45, 7) is 2.04. The average molecular weight is 492 g/mol. The van der Waals surface area contributed by atoms with Gasteiger partial charge in [-0.2, -0.15) is 0 Å². The Morgan fingerprint density at radius 2 is 1.97 bits per heavy atom. The molecule has 3 heterocycles. The molecule has 0 spiro atoms. The molecule has 1 N–H and O–H groups in total. The van der Waals surface area contributed by atoms with Gasteiger partial charge in [0.2, 0.25) is 5.78 Å². The number of aliphatic hydroxyl groups is 1. The lowest BCUT2D eigenvalue weighted by molar-refractivity contribution is -0.130. The van der Waals surface area contributed by atoms with Crippen LogP contribution in [-0.2, 0) is 11.3 Å². The molecule has 0 saturated heterocycles. The number of rotatable bonds is 5. The van der Waals surface area contributed by atoms with E-state index in [1.807, 2.05) is 43.3 Å². The first kappa shape index (κ1) is 20.3. The first-order valence-corrected chi connectivity index (χ1v) is 10.8. The normalized spacial score (nSPS) is 16.4. The fourth-order valence-electron chi connectivity index (χ4n) is 4.06. The number of nitrogens with zero attached hydrogens (tertiary/aromatic N) is 1. The third-order valence-electron chi connectivity index (χ3n) is 5.51. The van der Waals surface area contributed by atoms with E-state index in [9.17, 15) is 14.7 Å². The van der Waals surface area contributed by atoms with Crippen LogP contribution in [0, 0.1) is 6.92 Å². The van der Waals surface area contributed by atoms with Crippen molar-refractivity contribution in [2.24, 2.45) is 0 Å². The number of furan rings is 2. The molecule has 2 aromatic heterocycles. The summed E-state index contributed by atoms with van der Waals surface area (Å²) >= 11 is 3.41. The summed E-state index contributed by atoms with van der Waals surface area (Å²) in [7, 11) is 0. The number of fused-ring (bicyclic) bond motifs is 1. The van der Waals surface area contributed by atoms with Crippen LogP contribution in [0.3, 0.4) is 0 Å². The van der Waals surface area contributed by atoms with Crippen molar-refractivity contribution in [1.82, 2.24) is 4.90 Å². The number of hydrogen-bond donors (Lipinski definition) is 1. The minimum absolute atomic E-state index is 0.00900. The van der Waals surface area contributed by atoms with Crippen molar-refractivity contribution in [3.8, 4) is 0 Å². The number of aryl methyl sites for hydroxylation is 1. The van der Waals surface area contributed by atoms with E-state index in [2.05, 4.69) is 15.9 Å². The molecule has 1 aliphatic heterocycles. The molecular formula is C25H18BrNO5. The molecule has 4 aromatic rings. The highest BCUT2D eigenvalue weighted by atomic mass is 79.9. The first-order chi connectivity index (χ1) is 15.4. The highest BCUT2D eigenvalue weighted by molar-refractivity contribution is 9.10. The molecule has 0 saturated carbocycles. The predicted octanol–water partition coefficient (Wildman–Crippen LogP) is 5.88. The van der Waals surface area contributed by atoms with Crippen molar-refractivity contribution in [3.63, 3.8) is 0 Å². The standard InChI is InChI=1S/C25H18BrNO5/c1-14-4-2-5-15(10-14)22-21(24(29)25(30)27(22)13-18-6-3-9-31-18)23(28)20-12-16-11-17(26)7-8-19(16)32-20/h2-12,22,29H,13H2,1H3. The van der Waals surface area contributed by atoms with Crippen LogP contribution in [0.15, 0.2) is 91.6 Å². The zero-order valence-corrected chi connectivity index (χ0v) is 18.6. The van der Waals surface area contributed by atoms with Gasteiger partial charge in [-0.3, -0.25) is 9.59 Å². The van der Waals surface area contributed by atoms with E-state index in [4.69, 9.17) is 8.83 Å². The summed E-state index contributed by atoms with van der Waals surface area (Å²) in [6.07, 6.45) is 1.52. The lowest BCUT2D eigenvalue weighted by Gasteiger charge is -2.26. The molecule has 1 aliphatic rings. The van der Waals surface area contributed by atoms with Gasteiger partial charge in [-0.15, -0.1) is 0 Å². The fraction of sp³-hybridized carbons (Fsp3) is 0.120. The van der Waals surface area contributed by atoms with Gasteiger partial charge in [0.15, 0.2) is 11.5 Å². The third-order valence-corrected chi connectivity index (χ3v) is 6.01. The molecule has 1 unspecified atom stereocenters. The third kappa shape index (κ3) is 3.44. The molecule has 160 valence electrons. The highest BCUT2D eigenvalue weighted by Gasteiger charge is 2.44. The summed E-state index contributed by atoms with van der Waals surface area (Å²) in [5.41, 5.74) is 2.22. The van der Waals surface area contributed by atoms with Gasteiger partial charge in [0, 0.05) is 9.86 Å². The largest absolute Gasteiger partial charge is 0.503 e. The number of Topliss-reactive ketones (excluding diaryl/α,β-unsaturated/α-hetero) is 1. The zero-order valence-electron chi connectivity index (χ0n) is 17.0. The lowest BCUT2D eigenvalue weighted by Crippen LogP contribution is -2.30. The monoisotopic (exact) mass is 491 g/mol.